The van der Waals surface area contributed by atoms with Crippen molar-refractivity contribution in [3.8, 4) is 11.5 Å². The van der Waals surface area contributed by atoms with Gasteiger partial charge in [0.2, 0.25) is 5.91 Å². The quantitative estimate of drug-likeness (QED) is 0.480. The Bertz CT molecular complexity index is 1140. The minimum Gasteiger partial charge on any atom is -0.464 e. The van der Waals surface area contributed by atoms with Gasteiger partial charge in [0.1, 0.15) is 5.82 Å². The topological polar surface area (TPSA) is 133 Å². The van der Waals surface area contributed by atoms with E-state index < -0.39 is 42.2 Å². The van der Waals surface area contributed by atoms with E-state index >= 15 is 0 Å². The predicted octanol–water partition coefficient (Wildman–Crippen LogP) is 2.39. The van der Waals surface area contributed by atoms with Gasteiger partial charge in [0.15, 0.2) is 17.5 Å². The molecule has 34 heavy (non-hydrogen) atoms. The Labute approximate surface area is 193 Å². The minimum absolute atomic E-state index is 0.0755. The molecular formula is C22H22F2N4O6. The van der Waals surface area contributed by atoms with E-state index in [1.165, 1.54) is 24.4 Å². The number of nitrogen functional groups attached to an aromatic ring is 1. The Morgan fingerprint density at radius 3 is 2.71 bits per heavy atom. The van der Waals surface area contributed by atoms with Crippen molar-refractivity contribution in [1.82, 2.24) is 15.2 Å². The van der Waals surface area contributed by atoms with Gasteiger partial charge in [-0.15, -0.1) is 8.78 Å². The lowest BCUT2D eigenvalue weighted by molar-refractivity contribution is -0.286. The van der Waals surface area contributed by atoms with Crippen molar-refractivity contribution in [2.75, 3.05) is 12.3 Å². The number of likely N-dealkylation sites (tertiary alicyclic amines) is 1. The summed E-state index contributed by atoms with van der Waals surface area (Å²) in [5.74, 6) is -2.11. The molecule has 180 valence electrons. The van der Waals surface area contributed by atoms with Crippen molar-refractivity contribution in [1.29, 1.82) is 0 Å². The van der Waals surface area contributed by atoms with Crippen molar-refractivity contribution < 1.29 is 37.4 Å². The molecule has 0 spiro atoms. The van der Waals surface area contributed by atoms with Crippen molar-refractivity contribution in [3.05, 3.63) is 47.7 Å². The van der Waals surface area contributed by atoms with Crippen LogP contribution in [-0.4, -0.2) is 46.7 Å². The van der Waals surface area contributed by atoms with E-state index in [-0.39, 0.29) is 30.3 Å². The van der Waals surface area contributed by atoms with Gasteiger partial charge >= 0.3 is 18.3 Å². The number of carbonyl (C=O) groups is 3. The van der Waals surface area contributed by atoms with Gasteiger partial charge in [-0.05, 0) is 55.7 Å². The highest BCUT2D eigenvalue weighted by Crippen LogP contribution is 2.42. The number of carbonyl (C=O) groups excluding carboxylic acids is 3. The number of fused-ring (bicyclic) bond motifs is 1. The van der Waals surface area contributed by atoms with Gasteiger partial charge in [-0.25, -0.2) is 19.5 Å². The number of urea groups is 1. The SMILES string of the molecule is CCOC(=O)C1C(Cc2ccnc(N)c2)C(=O)N1C(=O)NC(C)c1ccc2c(c1)OC(F)(F)O2. The number of rotatable bonds is 6. The van der Waals surface area contributed by atoms with Crippen LogP contribution in [0.3, 0.4) is 0 Å². The molecule has 4 rings (SSSR count). The molecule has 2 aliphatic rings. The molecule has 0 aliphatic carbocycles. The third-order valence-electron chi connectivity index (χ3n) is 5.53. The number of amides is 3. The third-order valence-corrected chi connectivity index (χ3v) is 5.53. The largest absolute Gasteiger partial charge is 0.586 e. The minimum atomic E-state index is -3.77. The maximum atomic E-state index is 13.3. The van der Waals surface area contributed by atoms with Crippen LogP contribution in [0, 0.1) is 5.92 Å². The number of nitrogens with one attached hydrogen (secondary N) is 1. The van der Waals surface area contributed by atoms with E-state index in [0.717, 1.165) is 4.90 Å². The molecule has 12 heteroatoms. The molecule has 0 saturated carbocycles. The first kappa shape index (κ1) is 23.2. The van der Waals surface area contributed by atoms with Gasteiger partial charge in [0.25, 0.3) is 0 Å². The van der Waals surface area contributed by atoms with Crippen LogP contribution in [0.2, 0.25) is 0 Å². The fourth-order valence-electron chi connectivity index (χ4n) is 3.92. The number of ether oxygens (including phenoxy) is 3. The van der Waals surface area contributed by atoms with Crippen molar-refractivity contribution >= 4 is 23.7 Å². The number of pyridine rings is 1. The summed E-state index contributed by atoms with van der Waals surface area (Å²) in [6.45, 7) is 3.28. The number of hydrogen-bond donors (Lipinski definition) is 2. The molecule has 0 bridgehead atoms. The fraction of sp³-hybridized carbons (Fsp3) is 0.364. The van der Waals surface area contributed by atoms with Gasteiger partial charge in [-0.2, -0.15) is 0 Å². The summed E-state index contributed by atoms with van der Waals surface area (Å²) in [6.07, 6.45) is -2.11. The van der Waals surface area contributed by atoms with E-state index in [1.807, 2.05) is 0 Å². The number of halogens is 2. The standard InChI is InChI=1S/C22H22F2N4O6/c1-3-32-20(30)18-14(8-12-6-7-26-17(25)9-12)19(29)28(18)21(31)27-11(2)13-4-5-15-16(10-13)34-22(23,24)33-15/h4-7,9-11,14,18H,3,8H2,1-2H3,(H2,25,26)(H,27,31). The van der Waals surface area contributed by atoms with Gasteiger partial charge in [-0.3, -0.25) is 4.79 Å². The third kappa shape index (κ3) is 4.43. The highest BCUT2D eigenvalue weighted by Gasteiger charge is 2.55. The molecule has 1 fully saturated rings. The van der Waals surface area contributed by atoms with Gasteiger partial charge in [0, 0.05) is 6.20 Å². The summed E-state index contributed by atoms with van der Waals surface area (Å²) in [6, 6.07) is 4.69. The number of imide groups is 1. The zero-order chi connectivity index (χ0) is 24.6. The molecule has 0 radical (unpaired) electrons. The summed E-state index contributed by atoms with van der Waals surface area (Å²) < 4.78 is 40.4. The molecule has 3 amide bonds. The van der Waals surface area contributed by atoms with Crippen LogP contribution in [0.15, 0.2) is 36.5 Å². The lowest BCUT2D eigenvalue weighted by Crippen LogP contribution is -2.69. The predicted molar refractivity (Wildman–Crippen MR) is 113 cm³/mol. The summed E-state index contributed by atoms with van der Waals surface area (Å²) >= 11 is 0. The van der Waals surface area contributed by atoms with E-state index in [9.17, 15) is 23.2 Å². The number of esters is 1. The number of hydrogen-bond acceptors (Lipinski definition) is 8. The highest BCUT2D eigenvalue weighted by atomic mass is 19.3. The number of benzene rings is 1. The normalized spacial score (nSPS) is 20.9. The van der Waals surface area contributed by atoms with Crippen molar-refractivity contribution in [3.63, 3.8) is 0 Å². The Hall–Kier alpha value is -3.96. The zero-order valence-corrected chi connectivity index (χ0v) is 18.3. The molecule has 3 atom stereocenters. The number of anilines is 1. The molecule has 3 heterocycles. The van der Waals surface area contributed by atoms with E-state index in [2.05, 4.69) is 19.8 Å². The number of nitrogens with two attached hydrogens (primary N) is 1. The molecule has 3 unspecified atom stereocenters. The summed E-state index contributed by atoms with van der Waals surface area (Å²) in [5.41, 5.74) is 6.80. The maximum absolute atomic E-state index is 13.3. The maximum Gasteiger partial charge on any atom is 0.586 e. The fourth-order valence-corrected chi connectivity index (χ4v) is 3.92. The van der Waals surface area contributed by atoms with Crippen LogP contribution in [0.4, 0.5) is 19.4 Å². The number of aromatic nitrogens is 1. The summed E-state index contributed by atoms with van der Waals surface area (Å²) in [4.78, 5) is 43.0. The van der Waals surface area contributed by atoms with Gasteiger partial charge in [-0.1, -0.05) is 6.07 Å². The van der Waals surface area contributed by atoms with Gasteiger partial charge in [0.05, 0.1) is 18.6 Å². The van der Waals surface area contributed by atoms with Crippen LogP contribution in [0.5, 0.6) is 11.5 Å². The van der Waals surface area contributed by atoms with Crippen LogP contribution >= 0.6 is 0 Å². The Balaban J connectivity index is 1.48. The van der Waals surface area contributed by atoms with Crippen LogP contribution in [0.1, 0.15) is 31.0 Å². The second-order valence-electron chi connectivity index (χ2n) is 7.85. The first-order valence-electron chi connectivity index (χ1n) is 10.5. The van der Waals surface area contributed by atoms with Gasteiger partial charge < -0.3 is 25.3 Å². The van der Waals surface area contributed by atoms with Crippen molar-refractivity contribution in [2.24, 2.45) is 5.92 Å². The van der Waals surface area contributed by atoms with Crippen molar-refractivity contribution in [2.45, 2.75) is 38.6 Å². The smallest absolute Gasteiger partial charge is 0.464 e. The van der Waals surface area contributed by atoms with E-state index in [0.29, 0.717) is 11.1 Å². The summed E-state index contributed by atoms with van der Waals surface area (Å²) in [5, 5.41) is 2.61. The molecular weight excluding hydrogens is 454 g/mol. The molecule has 2 aromatic rings. The lowest BCUT2D eigenvalue weighted by Gasteiger charge is -2.44. The number of alkyl halides is 2. The molecule has 2 aliphatic heterocycles. The molecule has 3 N–H and O–H groups in total. The zero-order valence-electron chi connectivity index (χ0n) is 18.3. The second-order valence-corrected chi connectivity index (χ2v) is 7.85. The van der Waals surface area contributed by atoms with Crippen LogP contribution < -0.4 is 20.5 Å². The molecule has 1 saturated heterocycles. The average Bonchev–Trinajstić information content (AvgIpc) is 3.08. The van der Waals surface area contributed by atoms with E-state index in [1.54, 1.807) is 26.0 Å². The first-order valence-corrected chi connectivity index (χ1v) is 10.5. The second kappa shape index (κ2) is 8.76. The molecule has 10 nitrogen and oxygen atoms in total. The molecule has 1 aromatic carbocycles. The number of β-lactam (4-membered cyclic amide) rings is 1. The number of nitrogens with zero attached hydrogens (tertiary/aromatic N) is 2. The molecule has 1 aromatic heterocycles. The van der Waals surface area contributed by atoms with Crippen LogP contribution in [0.25, 0.3) is 0 Å². The van der Waals surface area contributed by atoms with E-state index in [4.69, 9.17) is 10.5 Å². The summed E-state index contributed by atoms with van der Waals surface area (Å²) in [7, 11) is 0. The highest BCUT2D eigenvalue weighted by molar-refractivity contribution is 6.08. The Kier molecular flexibility index (Phi) is 5.98. The average molecular weight is 476 g/mol. The lowest BCUT2D eigenvalue weighted by atomic mass is 9.82. The monoisotopic (exact) mass is 476 g/mol. The Morgan fingerprint density at radius 2 is 2.00 bits per heavy atom. The Morgan fingerprint density at radius 1 is 1.26 bits per heavy atom. The first-order chi connectivity index (χ1) is 16.1. The van der Waals surface area contributed by atoms with Crippen LogP contribution in [-0.2, 0) is 20.7 Å².